The molecule has 3 heterocycles. The molecule has 10 rings (SSSR count). The van der Waals surface area contributed by atoms with Crippen molar-refractivity contribution >= 4 is 44.6 Å². The third-order valence-corrected chi connectivity index (χ3v) is 14.6. The van der Waals surface area contributed by atoms with Crippen LogP contribution in [-0.2, 0) is 48.1 Å². The summed E-state index contributed by atoms with van der Waals surface area (Å²) in [6.45, 7) is 34.2. The molecule has 9 aromatic rings. The molecule has 0 atom stereocenters. The molecule has 0 saturated carbocycles. The number of hydrogen-bond acceptors (Lipinski definition) is 4. The van der Waals surface area contributed by atoms with Crippen LogP contribution in [0.15, 0.2) is 158 Å². The summed E-state index contributed by atoms with van der Waals surface area (Å²) in [6, 6.07) is 62.7. The zero-order chi connectivity index (χ0) is 51.1. The Hall–Kier alpha value is -6.42. The molecule has 5 nitrogen and oxygen atoms in total. The first-order valence-electron chi connectivity index (χ1n) is 25.5. The van der Waals surface area contributed by atoms with Crippen LogP contribution in [0.2, 0.25) is 0 Å². The normalized spacial score (nSPS) is 13.4. The Morgan fingerprint density at radius 3 is 1.73 bits per heavy atom. The number of pyridine rings is 1. The topological polar surface area (TPSA) is 33.5 Å². The number of rotatable bonds is 8. The van der Waals surface area contributed by atoms with Crippen LogP contribution in [0, 0.1) is 18.8 Å². The van der Waals surface area contributed by atoms with E-state index in [0.29, 0.717) is 11.5 Å². The van der Waals surface area contributed by atoms with E-state index in [4.69, 9.17) is 9.72 Å². The number of fused-ring (bicyclic) bond motifs is 4. The van der Waals surface area contributed by atoms with E-state index in [1.165, 1.54) is 33.4 Å². The molecule has 0 radical (unpaired) electrons. The number of nitrogens with zero attached hydrogens (tertiary/aromatic N) is 4. The van der Waals surface area contributed by atoms with Crippen LogP contribution in [0.4, 0.5) is 22.7 Å². The first kappa shape index (κ1) is 51.5. The summed E-state index contributed by atoms with van der Waals surface area (Å²) in [5.41, 5.74) is 15.3. The van der Waals surface area contributed by atoms with E-state index in [1.807, 2.05) is 12.3 Å². The average Bonchev–Trinajstić information content (AvgIpc) is 3.88. The van der Waals surface area contributed by atoms with Crippen LogP contribution >= 0.6 is 0 Å². The van der Waals surface area contributed by atoms with Crippen molar-refractivity contribution in [2.75, 3.05) is 9.80 Å². The van der Waals surface area contributed by atoms with E-state index in [0.717, 1.165) is 61.5 Å². The molecular weight excluding hydrogens is 1070 g/mol. The van der Waals surface area contributed by atoms with E-state index in [2.05, 4.69) is 276 Å². The maximum atomic E-state index is 7.10. The minimum absolute atomic E-state index is 0. The fourth-order valence-corrected chi connectivity index (χ4v) is 9.89. The number of hydrogen-bond donors (Lipinski definition) is 0. The van der Waals surface area contributed by atoms with Crippen LogP contribution in [0.3, 0.4) is 0 Å². The average molecular weight is 1140 g/mol. The van der Waals surface area contributed by atoms with E-state index in [-0.39, 0.29) is 48.1 Å². The minimum atomic E-state index is -0.387. The monoisotopic (exact) mass is 1140 g/mol. The largest absolute Gasteiger partial charge is 0.509 e. The molecule has 73 heavy (non-hydrogen) atoms. The van der Waals surface area contributed by atoms with Gasteiger partial charge >= 0.3 is 0 Å². The summed E-state index contributed by atoms with van der Waals surface area (Å²) in [4.78, 5) is 9.67. The SMILES string of the molecule is CC(C)(C)c1cc(N2[CH-]N(c3[c-]c(Oc4[c-]c5c(cc4)c4cc(-c6ccccc6)ccc4n5-c4cc(C(C)(C)C)ccn4)cc(C(C)(C)c4ccccc4)c3)c3cc(C(C)(C)C)ccc32)cc(C(C)(C)C)c1.[Pt]. The van der Waals surface area contributed by atoms with Crippen molar-refractivity contribution in [3.05, 3.63) is 210 Å². The third kappa shape index (κ3) is 10.0. The van der Waals surface area contributed by atoms with E-state index < -0.39 is 0 Å². The van der Waals surface area contributed by atoms with Crippen molar-refractivity contribution in [3.8, 4) is 28.4 Å². The summed E-state index contributed by atoms with van der Waals surface area (Å²) < 4.78 is 9.34. The molecule has 1 aliphatic heterocycles. The molecule has 2 aromatic heterocycles. The predicted octanol–water partition coefficient (Wildman–Crippen LogP) is 18.2. The Morgan fingerprint density at radius 2 is 1.08 bits per heavy atom. The standard InChI is InChI=1S/C67H69N4O.Pt/c1-63(2,3)47-26-30-59-61(39-47)70(43-69(59)52-35-49(65(7,8)9)34-50(36-52)66(10,11)12)53-37-51(67(13,14)46-23-19-16-20-24-46)38-55(41-53)72-54-27-28-56-57-33-45(44-21-17-15-18-22-44)25-29-58(57)71(60(56)42-54)62-40-48(31-32-68-62)64(4,5)6;/h15-40,43H,1-14H3;/q-3;. The molecule has 0 fully saturated rings. The number of aromatic nitrogens is 2. The van der Waals surface area contributed by atoms with Crippen LogP contribution < -0.4 is 14.5 Å². The first-order chi connectivity index (χ1) is 33.9. The van der Waals surface area contributed by atoms with Crippen molar-refractivity contribution in [2.24, 2.45) is 0 Å². The molecule has 0 spiro atoms. The van der Waals surface area contributed by atoms with Gasteiger partial charge in [0.15, 0.2) is 0 Å². The van der Waals surface area contributed by atoms with Crippen molar-refractivity contribution in [1.29, 1.82) is 0 Å². The zero-order valence-corrected chi connectivity index (χ0v) is 47.4. The second-order valence-electron chi connectivity index (χ2n) is 24.5. The van der Waals surface area contributed by atoms with Crippen LogP contribution in [0.25, 0.3) is 38.8 Å². The summed E-state index contributed by atoms with van der Waals surface area (Å²) in [5, 5.41) is 2.20. The molecule has 0 N–H and O–H groups in total. The predicted molar refractivity (Wildman–Crippen MR) is 303 cm³/mol. The van der Waals surface area contributed by atoms with E-state index in [1.54, 1.807) is 0 Å². The molecule has 6 heteroatoms. The smallest absolute Gasteiger partial charge is 0.135 e. The third-order valence-electron chi connectivity index (χ3n) is 14.6. The quantitative estimate of drug-likeness (QED) is 0.142. The first-order valence-corrected chi connectivity index (χ1v) is 25.5. The maximum absolute atomic E-state index is 7.10. The van der Waals surface area contributed by atoms with Crippen molar-refractivity contribution in [2.45, 2.75) is 124 Å². The van der Waals surface area contributed by atoms with Gasteiger partial charge in [-0.25, -0.2) is 4.98 Å². The van der Waals surface area contributed by atoms with Crippen molar-refractivity contribution in [3.63, 3.8) is 0 Å². The van der Waals surface area contributed by atoms with Gasteiger partial charge in [0.1, 0.15) is 5.82 Å². The Kier molecular flexibility index (Phi) is 13.3. The molecule has 0 unspecified atom stereocenters. The number of ether oxygens (including phenoxy) is 1. The van der Waals surface area contributed by atoms with Crippen LogP contribution in [0.1, 0.15) is 130 Å². The molecular formula is C67H69N4OPt-3. The maximum Gasteiger partial charge on any atom is 0.135 e. The number of benzene rings is 7. The molecule has 0 bridgehead atoms. The fraction of sp³-hybridized carbons (Fsp3) is 0.284. The second-order valence-corrected chi connectivity index (χ2v) is 24.5. The summed E-state index contributed by atoms with van der Waals surface area (Å²) in [5.74, 6) is 2.04. The van der Waals surface area contributed by atoms with Crippen LogP contribution in [-0.4, -0.2) is 9.55 Å². The van der Waals surface area contributed by atoms with Crippen LogP contribution in [0.5, 0.6) is 11.5 Å². The fourth-order valence-electron chi connectivity index (χ4n) is 9.89. The Balaban J connectivity index is 0.00000656. The van der Waals surface area contributed by atoms with Gasteiger partial charge in [-0.1, -0.05) is 187 Å². The van der Waals surface area contributed by atoms with Crippen molar-refractivity contribution < 1.29 is 25.8 Å². The molecule has 1 aliphatic rings. The second kappa shape index (κ2) is 18.8. The minimum Gasteiger partial charge on any atom is -0.509 e. The van der Waals surface area contributed by atoms with Gasteiger partial charge in [0.05, 0.1) is 0 Å². The van der Waals surface area contributed by atoms with Gasteiger partial charge in [-0.05, 0) is 114 Å². The van der Waals surface area contributed by atoms with Gasteiger partial charge in [0.25, 0.3) is 0 Å². The zero-order valence-electron chi connectivity index (χ0n) is 45.1. The Bertz CT molecular complexity index is 3460. The summed E-state index contributed by atoms with van der Waals surface area (Å²) in [6.07, 6.45) is 1.92. The molecule has 0 aliphatic carbocycles. The van der Waals surface area contributed by atoms with Gasteiger partial charge in [-0.2, -0.15) is 6.07 Å². The van der Waals surface area contributed by atoms with Gasteiger partial charge in [0, 0.05) is 61.3 Å². The number of anilines is 4. The summed E-state index contributed by atoms with van der Waals surface area (Å²) in [7, 11) is 0. The molecule has 7 aromatic carbocycles. The Labute approximate surface area is 449 Å². The van der Waals surface area contributed by atoms with Gasteiger partial charge in [0.2, 0.25) is 0 Å². The van der Waals surface area contributed by atoms with Gasteiger partial charge in [-0.3, -0.25) is 0 Å². The Morgan fingerprint density at radius 1 is 0.452 bits per heavy atom. The van der Waals surface area contributed by atoms with E-state index >= 15 is 0 Å². The molecule has 0 saturated heterocycles. The molecule has 376 valence electrons. The van der Waals surface area contributed by atoms with E-state index in [9.17, 15) is 0 Å². The van der Waals surface area contributed by atoms with Crippen molar-refractivity contribution in [1.82, 2.24) is 9.55 Å². The van der Waals surface area contributed by atoms with Gasteiger partial charge < -0.3 is 19.1 Å². The van der Waals surface area contributed by atoms with Gasteiger partial charge in [-0.15, -0.1) is 53.6 Å². The summed E-state index contributed by atoms with van der Waals surface area (Å²) >= 11 is 0. The molecule has 0 amide bonds.